The van der Waals surface area contributed by atoms with Gasteiger partial charge in [0.25, 0.3) is 0 Å². The number of anilines is 1. The van der Waals surface area contributed by atoms with Crippen LogP contribution in [0.4, 0.5) is 5.95 Å². The average molecular weight is 252 g/mol. The number of hydrogen-bond donors (Lipinski definition) is 2. The van der Waals surface area contributed by atoms with Crippen molar-refractivity contribution in [1.29, 1.82) is 0 Å². The van der Waals surface area contributed by atoms with Crippen molar-refractivity contribution < 1.29 is 4.74 Å². The Morgan fingerprint density at radius 2 is 2.41 bits per heavy atom. The largest absolute Gasteiger partial charge is 0.388 e. The molecule has 0 amide bonds. The fraction of sp³-hybridized carbons (Fsp3) is 0.545. The summed E-state index contributed by atoms with van der Waals surface area (Å²) < 4.78 is 5.50. The second kappa shape index (κ2) is 4.93. The van der Waals surface area contributed by atoms with E-state index in [9.17, 15) is 0 Å². The molecule has 1 fully saturated rings. The fourth-order valence-electron chi connectivity index (χ4n) is 1.85. The number of methoxy groups -OCH3 is 1. The van der Waals surface area contributed by atoms with Crippen LogP contribution in [0.5, 0.6) is 0 Å². The van der Waals surface area contributed by atoms with Crippen LogP contribution in [0.2, 0.25) is 0 Å². The highest BCUT2D eigenvalue weighted by Gasteiger charge is 2.36. The molecule has 0 unspecified atom stereocenters. The van der Waals surface area contributed by atoms with Crippen molar-refractivity contribution in [3.8, 4) is 0 Å². The molecule has 0 aromatic carbocycles. The Bertz CT molecular complexity index is 414. The number of hydrogen-bond acceptors (Lipinski definition) is 5. The summed E-state index contributed by atoms with van der Waals surface area (Å²) in [7, 11) is 1.74. The summed E-state index contributed by atoms with van der Waals surface area (Å²) in [5.74, 6) is 0.540. The van der Waals surface area contributed by atoms with Crippen LogP contribution in [0.15, 0.2) is 12.3 Å². The lowest BCUT2D eigenvalue weighted by Gasteiger charge is -2.40. The highest BCUT2D eigenvalue weighted by Crippen LogP contribution is 2.34. The normalized spacial score (nSPS) is 17.2. The van der Waals surface area contributed by atoms with E-state index in [1.165, 1.54) is 6.42 Å². The molecule has 1 aliphatic carbocycles. The zero-order valence-electron chi connectivity index (χ0n) is 9.77. The van der Waals surface area contributed by atoms with Crippen molar-refractivity contribution in [3.63, 3.8) is 0 Å². The van der Waals surface area contributed by atoms with Gasteiger partial charge < -0.3 is 15.8 Å². The molecule has 6 heteroatoms. The van der Waals surface area contributed by atoms with Gasteiger partial charge in [-0.1, -0.05) is 12.2 Å². The molecule has 1 heterocycles. The van der Waals surface area contributed by atoms with E-state index < -0.39 is 0 Å². The van der Waals surface area contributed by atoms with Gasteiger partial charge in [0.05, 0.1) is 5.60 Å². The third kappa shape index (κ3) is 2.70. The molecular weight excluding hydrogens is 236 g/mol. The summed E-state index contributed by atoms with van der Waals surface area (Å²) in [6.45, 7) is 0.713. The van der Waals surface area contributed by atoms with E-state index in [1.807, 2.05) is 0 Å². The summed E-state index contributed by atoms with van der Waals surface area (Å²) in [5, 5.41) is 3.17. The van der Waals surface area contributed by atoms with E-state index in [2.05, 4.69) is 15.3 Å². The lowest BCUT2D eigenvalue weighted by molar-refractivity contribution is -0.0602. The standard InChI is InChI=1S/C11H16N4OS/c1-16-11(4-2-5-11)7-14-10-13-6-3-8(15-10)9(12)17/h3,6H,2,4-5,7H2,1H3,(H2,12,17)(H,13,14,15). The van der Waals surface area contributed by atoms with Crippen LogP contribution in [0.3, 0.4) is 0 Å². The van der Waals surface area contributed by atoms with E-state index in [1.54, 1.807) is 19.4 Å². The Labute approximate surface area is 106 Å². The zero-order valence-corrected chi connectivity index (χ0v) is 10.6. The topological polar surface area (TPSA) is 73.1 Å². The summed E-state index contributed by atoms with van der Waals surface area (Å²) in [6, 6.07) is 1.70. The minimum Gasteiger partial charge on any atom is -0.388 e. The first kappa shape index (κ1) is 12.2. The Morgan fingerprint density at radius 3 is 2.94 bits per heavy atom. The van der Waals surface area contributed by atoms with Gasteiger partial charge >= 0.3 is 0 Å². The molecule has 1 aromatic rings. The van der Waals surface area contributed by atoms with Gasteiger partial charge in [-0.25, -0.2) is 9.97 Å². The molecule has 0 atom stereocenters. The minimum absolute atomic E-state index is 0.0530. The van der Waals surface area contributed by atoms with Crippen LogP contribution in [0, 0.1) is 0 Å². The van der Waals surface area contributed by atoms with Crippen molar-refractivity contribution in [2.75, 3.05) is 19.0 Å². The maximum atomic E-state index is 5.52. The monoisotopic (exact) mass is 252 g/mol. The van der Waals surface area contributed by atoms with Crippen molar-refractivity contribution in [3.05, 3.63) is 18.0 Å². The van der Waals surface area contributed by atoms with Crippen LogP contribution < -0.4 is 11.1 Å². The molecular formula is C11H16N4OS. The van der Waals surface area contributed by atoms with Crippen LogP contribution in [-0.2, 0) is 4.74 Å². The second-order valence-electron chi connectivity index (χ2n) is 4.22. The first-order chi connectivity index (χ1) is 8.15. The van der Waals surface area contributed by atoms with E-state index >= 15 is 0 Å². The highest BCUT2D eigenvalue weighted by atomic mass is 32.1. The molecule has 0 spiro atoms. The van der Waals surface area contributed by atoms with Crippen LogP contribution in [0.1, 0.15) is 25.0 Å². The van der Waals surface area contributed by atoms with Gasteiger partial charge in [-0.2, -0.15) is 0 Å². The van der Waals surface area contributed by atoms with Gasteiger partial charge in [0, 0.05) is 19.9 Å². The third-order valence-corrected chi connectivity index (χ3v) is 3.38. The SMILES string of the molecule is COC1(CNc2nccc(C(N)=S)n2)CCC1. The van der Waals surface area contributed by atoms with Gasteiger partial charge in [0.15, 0.2) is 0 Å². The van der Waals surface area contributed by atoms with Crippen molar-refractivity contribution in [1.82, 2.24) is 9.97 Å². The smallest absolute Gasteiger partial charge is 0.223 e. The maximum Gasteiger partial charge on any atom is 0.223 e. The molecule has 5 nitrogen and oxygen atoms in total. The van der Waals surface area contributed by atoms with E-state index in [0.717, 1.165) is 12.8 Å². The Morgan fingerprint density at radius 1 is 1.65 bits per heavy atom. The zero-order chi connectivity index (χ0) is 12.3. The molecule has 1 aliphatic rings. The van der Waals surface area contributed by atoms with Crippen LogP contribution >= 0.6 is 12.2 Å². The van der Waals surface area contributed by atoms with E-state index in [-0.39, 0.29) is 10.6 Å². The van der Waals surface area contributed by atoms with Crippen molar-refractivity contribution in [2.45, 2.75) is 24.9 Å². The molecule has 0 radical (unpaired) electrons. The summed E-state index contributed by atoms with van der Waals surface area (Å²) in [4.78, 5) is 8.63. The molecule has 2 rings (SSSR count). The van der Waals surface area contributed by atoms with Gasteiger partial charge in [0.2, 0.25) is 5.95 Å². The predicted octanol–water partition coefficient (Wildman–Crippen LogP) is 1.09. The number of nitrogens with zero attached hydrogens (tertiary/aromatic N) is 2. The average Bonchev–Trinajstić information content (AvgIpc) is 2.28. The summed E-state index contributed by atoms with van der Waals surface area (Å²) >= 11 is 4.87. The number of rotatable bonds is 5. The second-order valence-corrected chi connectivity index (χ2v) is 4.66. The van der Waals surface area contributed by atoms with Gasteiger partial charge in [0.1, 0.15) is 10.7 Å². The Hall–Kier alpha value is -1.27. The van der Waals surface area contributed by atoms with Gasteiger partial charge in [-0.05, 0) is 25.3 Å². The van der Waals surface area contributed by atoms with E-state index in [0.29, 0.717) is 18.2 Å². The third-order valence-electron chi connectivity index (χ3n) is 3.17. The molecule has 0 aliphatic heterocycles. The van der Waals surface area contributed by atoms with Crippen molar-refractivity contribution in [2.24, 2.45) is 5.73 Å². The van der Waals surface area contributed by atoms with Crippen LogP contribution in [0.25, 0.3) is 0 Å². The first-order valence-electron chi connectivity index (χ1n) is 5.57. The highest BCUT2D eigenvalue weighted by molar-refractivity contribution is 7.80. The van der Waals surface area contributed by atoms with Gasteiger partial charge in [-0.3, -0.25) is 0 Å². The number of aromatic nitrogens is 2. The number of nitrogens with two attached hydrogens (primary N) is 1. The molecule has 3 N–H and O–H groups in total. The maximum absolute atomic E-state index is 5.52. The lowest BCUT2D eigenvalue weighted by atomic mass is 9.80. The molecule has 92 valence electrons. The van der Waals surface area contributed by atoms with Crippen LogP contribution in [-0.4, -0.2) is 34.2 Å². The Balaban J connectivity index is 1.99. The number of nitrogens with one attached hydrogen (secondary N) is 1. The van der Waals surface area contributed by atoms with Crippen molar-refractivity contribution >= 4 is 23.2 Å². The summed E-state index contributed by atoms with van der Waals surface area (Å²) in [6.07, 6.45) is 5.00. The molecule has 0 saturated heterocycles. The molecule has 17 heavy (non-hydrogen) atoms. The minimum atomic E-state index is -0.0530. The van der Waals surface area contributed by atoms with Gasteiger partial charge in [-0.15, -0.1) is 0 Å². The quantitative estimate of drug-likeness (QED) is 0.764. The van der Waals surface area contributed by atoms with E-state index in [4.69, 9.17) is 22.7 Å². The number of thiocarbonyl (C=S) groups is 1. The molecule has 0 bridgehead atoms. The molecule has 1 aromatic heterocycles. The Kier molecular flexibility index (Phi) is 3.54. The fourth-order valence-corrected chi connectivity index (χ4v) is 1.96. The number of ether oxygens (including phenoxy) is 1. The lowest BCUT2D eigenvalue weighted by Crippen LogP contribution is -2.45. The summed E-state index contributed by atoms with van der Waals surface area (Å²) in [5.41, 5.74) is 6.04. The predicted molar refractivity (Wildman–Crippen MR) is 70.0 cm³/mol. The molecule has 1 saturated carbocycles. The first-order valence-corrected chi connectivity index (χ1v) is 5.98.